The minimum Gasteiger partial charge on any atom is -0.481 e. The third-order valence-corrected chi connectivity index (χ3v) is 2.14. The van der Waals surface area contributed by atoms with Gasteiger partial charge in [0.25, 0.3) is 0 Å². The van der Waals surface area contributed by atoms with E-state index in [-0.39, 0.29) is 18.2 Å². The zero-order chi connectivity index (χ0) is 11.8. The molecule has 0 aromatic rings. The van der Waals surface area contributed by atoms with Gasteiger partial charge in [-0.3, -0.25) is 9.59 Å². The van der Waals surface area contributed by atoms with Crippen LogP contribution in [-0.2, 0) is 9.59 Å². The Kier molecular flexibility index (Phi) is 6.70. The Labute approximate surface area is 90.0 Å². The van der Waals surface area contributed by atoms with Gasteiger partial charge in [0, 0.05) is 13.0 Å². The monoisotopic (exact) mass is 216 g/mol. The fourth-order valence-electron chi connectivity index (χ4n) is 1.03. The minimum atomic E-state index is -0.805. The summed E-state index contributed by atoms with van der Waals surface area (Å²) >= 11 is 0. The molecule has 15 heavy (non-hydrogen) atoms. The van der Waals surface area contributed by atoms with E-state index in [9.17, 15) is 9.59 Å². The van der Waals surface area contributed by atoms with Crippen LogP contribution in [0.1, 0.15) is 33.1 Å². The molecule has 0 aromatic heterocycles. The summed E-state index contributed by atoms with van der Waals surface area (Å²) < 4.78 is 0. The summed E-state index contributed by atoms with van der Waals surface area (Å²) in [6.07, 6.45) is 1.39. The van der Waals surface area contributed by atoms with E-state index in [2.05, 4.69) is 5.32 Å². The minimum absolute atomic E-state index is 0.115. The maximum absolute atomic E-state index is 11.3. The smallest absolute Gasteiger partial charge is 0.303 e. The Morgan fingerprint density at radius 2 is 1.93 bits per heavy atom. The molecule has 5 heteroatoms. The van der Waals surface area contributed by atoms with Gasteiger partial charge in [-0.2, -0.15) is 0 Å². The van der Waals surface area contributed by atoms with Crippen LogP contribution in [0, 0.1) is 5.92 Å². The van der Waals surface area contributed by atoms with Crippen LogP contribution in [0.4, 0.5) is 0 Å². The SMILES string of the molecule is CC(C)[C@H](N)C(=O)NCCCCC(=O)O. The van der Waals surface area contributed by atoms with Gasteiger partial charge < -0.3 is 16.2 Å². The summed E-state index contributed by atoms with van der Waals surface area (Å²) in [6, 6.07) is -0.482. The molecule has 0 unspecified atom stereocenters. The average molecular weight is 216 g/mol. The highest BCUT2D eigenvalue weighted by Gasteiger charge is 2.15. The van der Waals surface area contributed by atoms with E-state index in [1.807, 2.05) is 13.8 Å². The van der Waals surface area contributed by atoms with Crippen molar-refractivity contribution in [3.63, 3.8) is 0 Å². The average Bonchev–Trinajstić information content (AvgIpc) is 2.15. The van der Waals surface area contributed by atoms with Gasteiger partial charge in [-0.25, -0.2) is 0 Å². The van der Waals surface area contributed by atoms with Crippen LogP contribution in [0.25, 0.3) is 0 Å². The van der Waals surface area contributed by atoms with Crippen LogP contribution in [0.15, 0.2) is 0 Å². The lowest BCUT2D eigenvalue weighted by atomic mass is 10.1. The first-order valence-electron chi connectivity index (χ1n) is 5.20. The largest absolute Gasteiger partial charge is 0.481 e. The normalized spacial score (nSPS) is 12.5. The molecule has 0 bridgehead atoms. The number of rotatable bonds is 7. The third kappa shape index (κ3) is 6.90. The summed E-state index contributed by atoms with van der Waals surface area (Å²) in [5.74, 6) is -0.857. The molecule has 0 saturated carbocycles. The number of hydrogen-bond acceptors (Lipinski definition) is 3. The van der Waals surface area contributed by atoms with Crippen LogP contribution >= 0.6 is 0 Å². The third-order valence-electron chi connectivity index (χ3n) is 2.14. The number of carboxylic acid groups (broad SMARTS) is 1. The standard InChI is InChI=1S/C10H20N2O3/c1-7(2)9(11)10(15)12-6-4-3-5-8(13)14/h7,9H,3-6,11H2,1-2H3,(H,12,15)(H,13,14)/t9-/m0/s1. The van der Waals surface area contributed by atoms with E-state index in [0.29, 0.717) is 19.4 Å². The van der Waals surface area contributed by atoms with Crippen molar-refractivity contribution in [2.24, 2.45) is 11.7 Å². The van der Waals surface area contributed by atoms with Crippen LogP contribution in [0.2, 0.25) is 0 Å². The molecular weight excluding hydrogens is 196 g/mol. The molecule has 5 nitrogen and oxygen atoms in total. The number of carbonyl (C=O) groups excluding carboxylic acids is 1. The van der Waals surface area contributed by atoms with Crippen molar-refractivity contribution in [1.82, 2.24) is 5.32 Å². The maximum atomic E-state index is 11.3. The zero-order valence-corrected chi connectivity index (χ0v) is 9.32. The van der Waals surface area contributed by atoms with Crippen molar-refractivity contribution in [3.8, 4) is 0 Å². The Balaban J connectivity index is 3.51. The van der Waals surface area contributed by atoms with E-state index >= 15 is 0 Å². The van der Waals surface area contributed by atoms with Crippen molar-refractivity contribution in [3.05, 3.63) is 0 Å². The molecule has 1 amide bonds. The Hall–Kier alpha value is -1.10. The Morgan fingerprint density at radius 1 is 1.33 bits per heavy atom. The predicted molar refractivity (Wildman–Crippen MR) is 57.3 cm³/mol. The van der Waals surface area contributed by atoms with Crippen LogP contribution in [-0.4, -0.2) is 29.6 Å². The van der Waals surface area contributed by atoms with Crippen LogP contribution in [0.3, 0.4) is 0 Å². The van der Waals surface area contributed by atoms with E-state index in [0.717, 1.165) is 0 Å². The van der Waals surface area contributed by atoms with Crippen molar-refractivity contribution in [2.75, 3.05) is 6.54 Å². The number of carbonyl (C=O) groups is 2. The van der Waals surface area contributed by atoms with Gasteiger partial charge in [0.05, 0.1) is 6.04 Å². The van der Waals surface area contributed by atoms with Gasteiger partial charge in [-0.1, -0.05) is 13.8 Å². The maximum Gasteiger partial charge on any atom is 0.303 e. The highest BCUT2D eigenvalue weighted by molar-refractivity contribution is 5.81. The molecule has 0 saturated heterocycles. The van der Waals surface area contributed by atoms with Gasteiger partial charge in [-0.15, -0.1) is 0 Å². The van der Waals surface area contributed by atoms with Crippen molar-refractivity contribution in [2.45, 2.75) is 39.2 Å². The second-order valence-electron chi connectivity index (χ2n) is 3.91. The number of unbranched alkanes of at least 4 members (excludes halogenated alkanes) is 1. The second kappa shape index (κ2) is 7.23. The number of hydrogen-bond donors (Lipinski definition) is 3. The Bertz CT molecular complexity index is 217. The summed E-state index contributed by atoms with van der Waals surface area (Å²) in [4.78, 5) is 21.5. The van der Waals surface area contributed by atoms with E-state index in [4.69, 9.17) is 10.8 Å². The first-order valence-corrected chi connectivity index (χ1v) is 5.20. The lowest BCUT2D eigenvalue weighted by Crippen LogP contribution is -2.44. The molecule has 0 rings (SSSR count). The first kappa shape index (κ1) is 13.9. The number of nitrogens with two attached hydrogens (primary N) is 1. The van der Waals surface area contributed by atoms with Gasteiger partial charge in [0.1, 0.15) is 0 Å². The summed E-state index contributed by atoms with van der Waals surface area (Å²) in [7, 11) is 0. The fraction of sp³-hybridized carbons (Fsp3) is 0.800. The van der Waals surface area contributed by atoms with Gasteiger partial charge in [0.2, 0.25) is 5.91 Å². The first-order chi connectivity index (χ1) is 6.95. The zero-order valence-electron chi connectivity index (χ0n) is 9.32. The molecule has 0 aromatic carbocycles. The molecule has 0 heterocycles. The topological polar surface area (TPSA) is 92.4 Å². The van der Waals surface area contributed by atoms with Gasteiger partial charge in [0.15, 0.2) is 0 Å². The highest BCUT2D eigenvalue weighted by atomic mass is 16.4. The van der Waals surface area contributed by atoms with E-state index in [1.54, 1.807) is 0 Å². The summed E-state index contributed by atoms with van der Waals surface area (Å²) in [6.45, 7) is 4.26. The molecule has 0 aliphatic carbocycles. The lowest BCUT2D eigenvalue weighted by Gasteiger charge is -2.14. The molecule has 4 N–H and O–H groups in total. The van der Waals surface area contributed by atoms with Crippen LogP contribution in [0.5, 0.6) is 0 Å². The van der Waals surface area contributed by atoms with E-state index in [1.165, 1.54) is 0 Å². The number of nitrogens with one attached hydrogen (secondary N) is 1. The molecule has 88 valence electrons. The number of aliphatic carboxylic acids is 1. The Morgan fingerprint density at radius 3 is 2.40 bits per heavy atom. The predicted octanol–water partition coefficient (Wildman–Crippen LogP) is 0.341. The molecule has 0 fully saturated rings. The van der Waals surface area contributed by atoms with Crippen LogP contribution < -0.4 is 11.1 Å². The summed E-state index contributed by atoms with van der Waals surface area (Å²) in [5, 5.41) is 11.1. The lowest BCUT2D eigenvalue weighted by molar-refractivity contribution is -0.137. The second-order valence-corrected chi connectivity index (χ2v) is 3.91. The molecular formula is C10H20N2O3. The van der Waals surface area contributed by atoms with E-state index < -0.39 is 12.0 Å². The van der Waals surface area contributed by atoms with Crippen molar-refractivity contribution < 1.29 is 14.7 Å². The molecule has 0 spiro atoms. The quantitative estimate of drug-likeness (QED) is 0.535. The molecule has 0 aliphatic heterocycles. The van der Waals surface area contributed by atoms with Gasteiger partial charge in [-0.05, 0) is 18.8 Å². The number of carboxylic acids is 1. The van der Waals surface area contributed by atoms with Crippen molar-refractivity contribution >= 4 is 11.9 Å². The highest BCUT2D eigenvalue weighted by Crippen LogP contribution is 1.98. The molecule has 1 atom stereocenters. The van der Waals surface area contributed by atoms with Gasteiger partial charge >= 0.3 is 5.97 Å². The fourth-order valence-corrected chi connectivity index (χ4v) is 1.03. The molecule has 0 aliphatic rings. The number of amides is 1. The summed E-state index contributed by atoms with van der Waals surface area (Å²) in [5.41, 5.74) is 5.62. The molecule has 0 radical (unpaired) electrons. The van der Waals surface area contributed by atoms with Crippen molar-refractivity contribution in [1.29, 1.82) is 0 Å².